The third kappa shape index (κ3) is 2.11. The molecule has 0 amide bonds. The van der Waals surface area contributed by atoms with Gasteiger partial charge in [0.1, 0.15) is 12.2 Å². The Kier molecular flexibility index (Phi) is 3.84. The fraction of sp³-hybridized carbons (Fsp3) is 0.762. The highest BCUT2D eigenvalue weighted by Gasteiger charge is 2.70. The maximum atomic E-state index is 13.3. The van der Waals surface area contributed by atoms with Gasteiger partial charge in [0.05, 0.1) is 11.5 Å². The van der Waals surface area contributed by atoms with Gasteiger partial charge in [-0.1, -0.05) is 27.7 Å². The lowest BCUT2D eigenvalue weighted by atomic mass is 9.46. The first-order valence-corrected chi connectivity index (χ1v) is 9.81. The van der Waals surface area contributed by atoms with Gasteiger partial charge >= 0.3 is 0 Å². The minimum absolute atomic E-state index is 0.0196. The highest BCUT2D eigenvalue weighted by molar-refractivity contribution is 6.19. The maximum absolute atomic E-state index is 13.3. The Labute approximate surface area is 159 Å². The molecule has 2 fully saturated rings. The molecule has 4 aliphatic carbocycles. The molecule has 1 spiro atoms. The Bertz CT molecular complexity index is 767. The van der Waals surface area contributed by atoms with Crippen molar-refractivity contribution >= 4 is 18.0 Å². The average molecular weight is 376 g/mol. The topological polar surface area (TPSA) is 101 Å². The molecular formula is C21H28O6. The van der Waals surface area contributed by atoms with Crippen molar-refractivity contribution in [2.24, 2.45) is 28.1 Å². The van der Waals surface area contributed by atoms with Crippen molar-refractivity contribution in [1.29, 1.82) is 0 Å². The van der Waals surface area contributed by atoms with Gasteiger partial charge in [-0.2, -0.15) is 0 Å². The monoisotopic (exact) mass is 376 g/mol. The summed E-state index contributed by atoms with van der Waals surface area (Å²) in [5, 5.41) is 21.8. The average Bonchev–Trinajstić information content (AvgIpc) is 3.25. The lowest BCUT2D eigenvalue weighted by Crippen LogP contribution is -2.61. The van der Waals surface area contributed by atoms with Crippen LogP contribution in [0.2, 0.25) is 0 Å². The van der Waals surface area contributed by atoms with Gasteiger partial charge in [-0.3, -0.25) is 14.4 Å². The molecule has 0 aliphatic heterocycles. The lowest BCUT2D eigenvalue weighted by molar-refractivity contribution is -0.170. The van der Waals surface area contributed by atoms with E-state index in [-0.39, 0.29) is 35.9 Å². The van der Waals surface area contributed by atoms with Crippen molar-refractivity contribution in [3.8, 4) is 0 Å². The number of rotatable bonds is 2. The standard InChI is InChI=1S/C21H28O6/c1-10-8-21(10)17(25)11-7-12(23)16-19(2,3)13(27-9-22)5-6-20(16,4)14(11)15(24)18(21)26/h9-10,12-13,16,18,23,26H,5-8H2,1-4H3. The summed E-state index contributed by atoms with van der Waals surface area (Å²) in [4.78, 5) is 37.4. The lowest BCUT2D eigenvalue weighted by Gasteiger charge is -2.59. The van der Waals surface area contributed by atoms with Gasteiger partial charge < -0.3 is 14.9 Å². The fourth-order valence-corrected chi connectivity index (χ4v) is 6.82. The van der Waals surface area contributed by atoms with Crippen molar-refractivity contribution < 1.29 is 29.3 Å². The van der Waals surface area contributed by atoms with Crippen molar-refractivity contribution in [3.63, 3.8) is 0 Å². The van der Waals surface area contributed by atoms with Crippen LogP contribution in [0.5, 0.6) is 0 Å². The first kappa shape index (κ1) is 18.8. The number of hydrogen-bond acceptors (Lipinski definition) is 6. The maximum Gasteiger partial charge on any atom is 0.293 e. The van der Waals surface area contributed by atoms with Gasteiger partial charge in [0, 0.05) is 34.3 Å². The molecule has 2 N–H and O–H groups in total. The molecule has 0 saturated heterocycles. The molecule has 4 rings (SSSR count). The predicted octanol–water partition coefficient (Wildman–Crippen LogP) is 1.57. The van der Waals surface area contributed by atoms with Gasteiger partial charge in [-0.05, 0) is 25.2 Å². The van der Waals surface area contributed by atoms with Crippen LogP contribution in [0.25, 0.3) is 0 Å². The summed E-state index contributed by atoms with van der Waals surface area (Å²) in [5.74, 6) is -0.871. The van der Waals surface area contributed by atoms with Gasteiger partial charge in [0.15, 0.2) is 11.6 Å². The van der Waals surface area contributed by atoms with Gasteiger partial charge in [-0.15, -0.1) is 0 Å². The number of Topliss-reactive ketones (excluding diaryl/α,β-unsaturated/α-hetero) is 2. The van der Waals surface area contributed by atoms with Crippen molar-refractivity contribution in [3.05, 3.63) is 11.1 Å². The smallest absolute Gasteiger partial charge is 0.293 e. The van der Waals surface area contributed by atoms with Crippen molar-refractivity contribution in [1.82, 2.24) is 0 Å². The van der Waals surface area contributed by atoms with Crippen LogP contribution in [0.1, 0.15) is 53.4 Å². The van der Waals surface area contributed by atoms with Crippen molar-refractivity contribution in [2.45, 2.75) is 71.7 Å². The molecule has 6 heteroatoms. The fourth-order valence-electron chi connectivity index (χ4n) is 6.82. The van der Waals surface area contributed by atoms with Crippen LogP contribution in [0.3, 0.4) is 0 Å². The normalized spacial score (nSPS) is 48.1. The van der Waals surface area contributed by atoms with Crippen LogP contribution in [-0.2, 0) is 19.1 Å². The largest absolute Gasteiger partial charge is 0.464 e. The van der Waals surface area contributed by atoms with E-state index in [1.165, 1.54) is 0 Å². The third-order valence-electron chi connectivity index (χ3n) is 8.18. The molecule has 2 saturated carbocycles. The molecule has 148 valence electrons. The molecule has 7 atom stereocenters. The minimum atomic E-state index is -1.29. The summed E-state index contributed by atoms with van der Waals surface area (Å²) in [7, 11) is 0. The van der Waals surface area contributed by atoms with Crippen LogP contribution >= 0.6 is 0 Å². The van der Waals surface area contributed by atoms with E-state index >= 15 is 0 Å². The quantitative estimate of drug-likeness (QED) is 0.710. The van der Waals surface area contributed by atoms with E-state index < -0.39 is 28.5 Å². The van der Waals surface area contributed by atoms with E-state index in [9.17, 15) is 24.6 Å². The Morgan fingerprint density at radius 1 is 1.19 bits per heavy atom. The van der Waals surface area contributed by atoms with Crippen LogP contribution < -0.4 is 0 Å². The second-order valence-electron chi connectivity index (χ2n) is 9.84. The SMILES string of the molecule is CC1CC12C(=O)C1=C(C(=O)C2O)C2(C)CCC(OC=O)C(C)(C)C2C(O)C1. The molecule has 0 bridgehead atoms. The third-order valence-corrected chi connectivity index (χ3v) is 8.18. The number of carbonyl (C=O) groups is 3. The van der Waals surface area contributed by atoms with Gasteiger partial charge in [0.2, 0.25) is 0 Å². The number of aliphatic hydroxyl groups is 2. The Balaban J connectivity index is 1.85. The molecule has 0 aromatic heterocycles. The van der Waals surface area contributed by atoms with Crippen LogP contribution in [0, 0.1) is 28.1 Å². The first-order valence-electron chi connectivity index (χ1n) is 9.81. The van der Waals surface area contributed by atoms with Crippen LogP contribution in [0.15, 0.2) is 11.1 Å². The number of ketones is 2. The zero-order valence-corrected chi connectivity index (χ0v) is 16.3. The summed E-state index contributed by atoms with van der Waals surface area (Å²) in [6.07, 6.45) is -0.756. The summed E-state index contributed by atoms with van der Waals surface area (Å²) >= 11 is 0. The van der Waals surface area contributed by atoms with Crippen LogP contribution in [-0.4, -0.2) is 46.6 Å². The highest BCUT2D eigenvalue weighted by atomic mass is 16.5. The minimum Gasteiger partial charge on any atom is -0.464 e. The zero-order chi connectivity index (χ0) is 19.9. The van der Waals surface area contributed by atoms with E-state index in [0.29, 0.717) is 36.9 Å². The van der Waals surface area contributed by atoms with E-state index in [0.717, 1.165) is 0 Å². The molecule has 4 aliphatic rings. The summed E-state index contributed by atoms with van der Waals surface area (Å²) < 4.78 is 5.29. The molecule has 0 aromatic rings. The molecule has 7 unspecified atom stereocenters. The second kappa shape index (κ2) is 5.51. The van der Waals surface area contributed by atoms with E-state index in [2.05, 4.69) is 0 Å². The molecule has 0 aromatic carbocycles. The molecular weight excluding hydrogens is 348 g/mol. The molecule has 0 radical (unpaired) electrons. The first-order chi connectivity index (χ1) is 12.5. The zero-order valence-electron chi connectivity index (χ0n) is 16.3. The van der Waals surface area contributed by atoms with E-state index in [4.69, 9.17) is 4.74 Å². The van der Waals surface area contributed by atoms with Gasteiger partial charge in [-0.25, -0.2) is 0 Å². The number of hydrogen-bond donors (Lipinski definition) is 2. The van der Waals surface area contributed by atoms with Crippen molar-refractivity contribution in [2.75, 3.05) is 0 Å². The highest BCUT2D eigenvalue weighted by Crippen LogP contribution is 2.66. The summed E-state index contributed by atoms with van der Waals surface area (Å²) in [5.41, 5.74) is -1.44. The Hall–Kier alpha value is -1.53. The number of carbonyl (C=O) groups excluding carboxylic acids is 3. The van der Waals surface area contributed by atoms with E-state index in [1.807, 2.05) is 27.7 Å². The molecule has 6 nitrogen and oxygen atoms in total. The molecule has 0 heterocycles. The van der Waals surface area contributed by atoms with Gasteiger partial charge in [0.25, 0.3) is 6.47 Å². The summed E-state index contributed by atoms with van der Waals surface area (Å²) in [6, 6.07) is 0. The Morgan fingerprint density at radius 2 is 1.81 bits per heavy atom. The predicted molar refractivity (Wildman–Crippen MR) is 95.4 cm³/mol. The number of fused-ring (bicyclic) bond motifs is 2. The number of aliphatic hydroxyl groups excluding tert-OH is 2. The van der Waals surface area contributed by atoms with E-state index in [1.54, 1.807) is 0 Å². The summed E-state index contributed by atoms with van der Waals surface area (Å²) in [6.45, 7) is 8.11. The Morgan fingerprint density at radius 3 is 2.37 bits per heavy atom. The molecule has 27 heavy (non-hydrogen) atoms. The van der Waals surface area contributed by atoms with Crippen LogP contribution in [0.4, 0.5) is 0 Å². The second-order valence-corrected chi connectivity index (χ2v) is 9.84. The number of ether oxygens (including phenoxy) is 1.